The van der Waals surface area contributed by atoms with Crippen LogP contribution in [0.4, 0.5) is 11.6 Å². The number of nitrogens with one attached hydrogen (secondary N) is 1. The molecule has 4 rings (SSSR count). The number of hydrogen-bond donors (Lipinski definition) is 1. The van der Waals surface area contributed by atoms with Crippen LogP contribution in [0.15, 0.2) is 11.2 Å². The van der Waals surface area contributed by atoms with Gasteiger partial charge in [0.15, 0.2) is 5.82 Å². The fourth-order valence-corrected chi connectivity index (χ4v) is 4.04. The standard InChI is InChI=1S/C21H34N6O3/c1-17-4-2-3-5-18(17)24-25-19-16-20(27-9-13-29-14-10-27)23-21(22-19)30-15-8-26-6-11-28-12-7-26/h16-17H,2-15H2,1H3,(H,22,23,25). The highest BCUT2D eigenvalue weighted by Crippen LogP contribution is 2.23. The molecule has 9 heteroatoms. The quantitative estimate of drug-likeness (QED) is 0.673. The first kappa shape index (κ1) is 21.3. The smallest absolute Gasteiger partial charge is 0.320 e. The second-order valence-electron chi connectivity index (χ2n) is 8.16. The zero-order valence-corrected chi connectivity index (χ0v) is 18.0. The SMILES string of the molecule is CC1CCCCC1=NNc1cc(N2CCOCC2)nc(OCCN2CCOCC2)n1. The molecule has 3 fully saturated rings. The molecule has 3 heterocycles. The highest BCUT2D eigenvalue weighted by Gasteiger charge is 2.18. The van der Waals surface area contributed by atoms with Crippen LogP contribution < -0.4 is 15.1 Å². The number of nitrogens with zero attached hydrogens (tertiary/aromatic N) is 5. The van der Waals surface area contributed by atoms with Crippen LogP contribution in [-0.4, -0.2) is 86.3 Å². The first-order chi connectivity index (χ1) is 14.8. The van der Waals surface area contributed by atoms with Gasteiger partial charge in [-0.15, -0.1) is 0 Å². The van der Waals surface area contributed by atoms with Gasteiger partial charge in [0, 0.05) is 44.5 Å². The van der Waals surface area contributed by atoms with Gasteiger partial charge in [-0.3, -0.25) is 10.3 Å². The lowest BCUT2D eigenvalue weighted by molar-refractivity contribution is 0.0317. The third kappa shape index (κ3) is 6.02. The molecule has 2 saturated heterocycles. The van der Waals surface area contributed by atoms with E-state index in [1.165, 1.54) is 25.0 Å². The third-order valence-corrected chi connectivity index (χ3v) is 5.97. The first-order valence-corrected chi connectivity index (χ1v) is 11.2. The van der Waals surface area contributed by atoms with Crippen LogP contribution in [0.5, 0.6) is 6.01 Å². The molecule has 0 aromatic carbocycles. The van der Waals surface area contributed by atoms with Crippen LogP contribution in [0, 0.1) is 5.92 Å². The Labute approximate surface area is 178 Å². The second kappa shape index (κ2) is 10.9. The van der Waals surface area contributed by atoms with Crippen LogP contribution in [0.2, 0.25) is 0 Å². The van der Waals surface area contributed by atoms with Gasteiger partial charge < -0.3 is 19.1 Å². The summed E-state index contributed by atoms with van der Waals surface area (Å²) in [5.74, 6) is 2.06. The Kier molecular flexibility index (Phi) is 7.71. The van der Waals surface area contributed by atoms with E-state index in [4.69, 9.17) is 14.2 Å². The maximum Gasteiger partial charge on any atom is 0.320 e. The van der Waals surface area contributed by atoms with E-state index < -0.39 is 0 Å². The second-order valence-corrected chi connectivity index (χ2v) is 8.16. The molecule has 3 aliphatic rings. The Morgan fingerprint density at radius 2 is 1.87 bits per heavy atom. The van der Waals surface area contributed by atoms with Gasteiger partial charge in [-0.1, -0.05) is 13.3 Å². The lowest BCUT2D eigenvalue weighted by Crippen LogP contribution is -2.39. The zero-order chi connectivity index (χ0) is 20.6. The summed E-state index contributed by atoms with van der Waals surface area (Å²) in [6.07, 6.45) is 4.76. The van der Waals surface area contributed by atoms with Crippen molar-refractivity contribution >= 4 is 17.3 Å². The fraction of sp³-hybridized carbons (Fsp3) is 0.762. The van der Waals surface area contributed by atoms with E-state index in [0.717, 1.165) is 58.2 Å². The van der Waals surface area contributed by atoms with Crippen LogP contribution in [0.3, 0.4) is 0 Å². The molecule has 0 bridgehead atoms. The lowest BCUT2D eigenvalue weighted by Gasteiger charge is -2.28. The molecule has 1 unspecified atom stereocenters. The molecule has 30 heavy (non-hydrogen) atoms. The van der Waals surface area contributed by atoms with E-state index in [9.17, 15) is 0 Å². The maximum atomic E-state index is 5.94. The molecule has 1 aromatic heterocycles. The number of ether oxygens (including phenoxy) is 3. The van der Waals surface area contributed by atoms with E-state index in [1.807, 2.05) is 6.07 Å². The van der Waals surface area contributed by atoms with Gasteiger partial charge >= 0.3 is 6.01 Å². The number of rotatable bonds is 7. The Hall–Kier alpha value is -1.97. The van der Waals surface area contributed by atoms with Crippen molar-refractivity contribution in [2.75, 3.05) is 76.1 Å². The molecule has 0 radical (unpaired) electrons. The summed E-state index contributed by atoms with van der Waals surface area (Å²) < 4.78 is 16.8. The number of hydrazone groups is 1. The summed E-state index contributed by atoms with van der Waals surface area (Å²) >= 11 is 0. The Morgan fingerprint density at radius 3 is 2.63 bits per heavy atom. The van der Waals surface area contributed by atoms with E-state index in [1.54, 1.807) is 0 Å². The van der Waals surface area contributed by atoms with Crippen molar-refractivity contribution in [3.8, 4) is 6.01 Å². The number of morpholine rings is 2. The summed E-state index contributed by atoms with van der Waals surface area (Å²) in [5.41, 5.74) is 4.40. The monoisotopic (exact) mass is 418 g/mol. The predicted molar refractivity (Wildman–Crippen MR) is 117 cm³/mol. The van der Waals surface area contributed by atoms with Crippen molar-refractivity contribution in [2.45, 2.75) is 32.6 Å². The van der Waals surface area contributed by atoms with Gasteiger partial charge in [0.25, 0.3) is 0 Å². The number of anilines is 2. The maximum absolute atomic E-state index is 5.94. The molecule has 1 aliphatic carbocycles. The first-order valence-electron chi connectivity index (χ1n) is 11.2. The van der Waals surface area contributed by atoms with Crippen molar-refractivity contribution in [2.24, 2.45) is 11.0 Å². The van der Waals surface area contributed by atoms with Gasteiger partial charge in [0.2, 0.25) is 0 Å². The van der Waals surface area contributed by atoms with E-state index >= 15 is 0 Å². The Balaban J connectivity index is 1.43. The minimum atomic E-state index is 0.395. The highest BCUT2D eigenvalue weighted by atomic mass is 16.5. The van der Waals surface area contributed by atoms with Crippen LogP contribution in [0.25, 0.3) is 0 Å². The van der Waals surface area contributed by atoms with Crippen molar-refractivity contribution < 1.29 is 14.2 Å². The van der Waals surface area contributed by atoms with Crippen molar-refractivity contribution in [1.82, 2.24) is 14.9 Å². The van der Waals surface area contributed by atoms with Crippen LogP contribution >= 0.6 is 0 Å². The molecular weight excluding hydrogens is 384 g/mol. The van der Waals surface area contributed by atoms with Crippen molar-refractivity contribution in [3.63, 3.8) is 0 Å². The average molecular weight is 419 g/mol. The highest BCUT2D eigenvalue weighted by molar-refractivity contribution is 5.87. The predicted octanol–water partition coefficient (Wildman–Crippen LogP) is 2.00. The summed E-state index contributed by atoms with van der Waals surface area (Å²) in [6, 6.07) is 2.35. The zero-order valence-electron chi connectivity index (χ0n) is 18.0. The minimum Gasteiger partial charge on any atom is -0.462 e. The summed E-state index contributed by atoms with van der Waals surface area (Å²) in [7, 11) is 0. The van der Waals surface area contributed by atoms with Crippen molar-refractivity contribution in [3.05, 3.63) is 6.07 Å². The van der Waals surface area contributed by atoms with E-state index in [0.29, 0.717) is 37.6 Å². The lowest BCUT2D eigenvalue weighted by atomic mass is 9.89. The van der Waals surface area contributed by atoms with E-state index in [-0.39, 0.29) is 0 Å². The number of hydrogen-bond acceptors (Lipinski definition) is 9. The van der Waals surface area contributed by atoms with Gasteiger partial charge in [0.1, 0.15) is 12.4 Å². The normalized spacial score (nSPS) is 24.8. The van der Waals surface area contributed by atoms with Gasteiger partial charge in [0.05, 0.1) is 26.4 Å². The molecule has 166 valence electrons. The summed E-state index contributed by atoms with van der Waals surface area (Å²) in [6.45, 7) is 10.2. The van der Waals surface area contributed by atoms with Gasteiger partial charge in [-0.05, 0) is 25.2 Å². The van der Waals surface area contributed by atoms with Crippen LogP contribution in [0.1, 0.15) is 32.6 Å². The van der Waals surface area contributed by atoms with Crippen LogP contribution in [-0.2, 0) is 9.47 Å². The topological polar surface area (TPSA) is 84.3 Å². The average Bonchev–Trinajstić information content (AvgIpc) is 2.80. The Morgan fingerprint density at radius 1 is 1.10 bits per heavy atom. The molecule has 2 aliphatic heterocycles. The molecule has 9 nitrogen and oxygen atoms in total. The largest absolute Gasteiger partial charge is 0.462 e. The molecule has 1 saturated carbocycles. The minimum absolute atomic E-state index is 0.395. The van der Waals surface area contributed by atoms with E-state index in [2.05, 4.69) is 37.2 Å². The molecule has 1 aromatic rings. The Bertz CT molecular complexity index is 704. The molecular formula is C21H34N6O3. The summed E-state index contributed by atoms with van der Waals surface area (Å²) in [4.78, 5) is 13.8. The van der Waals surface area contributed by atoms with Gasteiger partial charge in [-0.2, -0.15) is 15.1 Å². The third-order valence-electron chi connectivity index (χ3n) is 5.97. The van der Waals surface area contributed by atoms with Gasteiger partial charge in [-0.25, -0.2) is 0 Å². The molecule has 1 N–H and O–H groups in total. The van der Waals surface area contributed by atoms with Crippen molar-refractivity contribution in [1.29, 1.82) is 0 Å². The summed E-state index contributed by atoms with van der Waals surface area (Å²) in [5, 5.41) is 4.67. The molecule has 0 spiro atoms. The molecule has 0 amide bonds. The fourth-order valence-electron chi connectivity index (χ4n) is 4.04. The number of aromatic nitrogens is 2. The molecule has 1 atom stereocenters.